The van der Waals surface area contributed by atoms with Crippen LogP contribution in [0.15, 0.2) is 30.3 Å². The summed E-state index contributed by atoms with van der Waals surface area (Å²) < 4.78 is 0. The first-order valence-corrected chi connectivity index (χ1v) is 7.45. The molecule has 2 atom stereocenters. The van der Waals surface area contributed by atoms with Gasteiger partial charge in [-0.25, -0.2) is 0 Å². The molecule has 2 aliphatic carbocycles. The Balaban J connectivity index is 1.51. The fourth-order valence-electron chi connectivity index (χ4n) is 3.20. The quantitative estimate of drug-likeness (QED) is 0.797. The number of rotatable bonds is 6. The molecule has 0 radical (unpaired) electrons. The van der Waals surface area contributed by atoms with Crippen LogP contribution in [0, 0.1) is 11.3 Å². The van der Waals surface area contributed by atoms with Gasteiger partial charge in [-0.3, -0.25) is 0 Å². The van der Waals surface area contributed by atoms with Crippen LogP contribution >= 0.6 is 0 Å². The van der Waals surface area contributed by atoms with Crippen molar-refractivity contribution in [1.29, 1.82) is 0 Å². The third kappa shape index (κ3) is 2.77. The van der Waals surface area contributed by atoms with Gasteiger partial charge in [0.25, 0.3) is 0 Å². The Morgan fingerprint density at radius 3 is 2.56 bits per heavy atom. The zero-order valence-electron chi connectivity index (χ0n) is 11.7. The number of nitrogens with one attached hydrogen (secondary N) is 1. The van der Waals surface area contributed by atoms with E-state index in [9.17, 15) is 0 Å². The van der Waals surface area contributed by atoms with Crippen LogP contribution in [0.3, 0.4) is 0 Å². The average Bonchev–Trinajstić information content (AvgIpc) is 3.24. The Bertz CT molecular complexity index is 391. The third-order valence-corrected chi connectivity index (χ3v) is 4.80. The van der Waals surface area contributed by atoms with Crippen molar-refractivity contribution in [2.75, 3.05) is 6.54 Å². The molecular formula is C17H25N. The number of benzene rings is 1. The predicted octanol–water partition coefficient (Wildman–Crippen LogP) is 3.96. The molecule has 1 aromatic rings. The third-order valence-electron chi connectivity index (χ3n) is 4.80. The minimum atomic E-state index is 0.488. The molecule has 18 heavy (non-hydrogen) atoms. The molecule has 2 unspecified atom stereocenters. The summed E-state index contributed by atoms with van der Waals surface area (Å²) in [6.07, 6.45) is 5.50. The Labute approximate surface area is 111 Å². The Hall–Kier alpha value is -0.820. The molecule has 2 fully saturated rings. The normalized spacial score (nSPS) is 27.2. The molecule has 0 amide bonds. The van der Waals surface area contributed by atoms with Crippen molar-refractivity contribution in [2.24, 2.45) is 11.3 Å². The fourth-order valence-corrected chi connectivity index (χ4v) is 3.20. The highest BCUT2D eigenvalue weighted by atomic mass is 14.9. The monoisotopic (exact) mass is 243 g/mol. The van der Waals surface area contributed by atoms with E-state index in [1.807, 2.05) is 0 Å². The second kappa shape index (κ2) is 4.70. The summed E-state index contributed by atoms with van der Waals surface area (Å²) >= 11 is 0. The van der Waals surface area contributed by atoms with Gasteiger partial charge in [-0.15, -0.1) is 0 Å². The molecule has 3 rings (SSSR count). The van der Waals surface area contributed by atoms with Crippen LogP contribution in [0.2, 0.25) is 0 Å². The zero-order valence-corrected chi connectivity index (χ0v) is 11.7. The highest BCUT2D eigenvalue weighted by Crippen LogP contribution is 2.57. The van der Waals surface area contributed by atoms with Crippen LogP contribution in [0.1, 0.15) is 51.0 Å². The second-order valence-electron chi connectivity index (χ2n) is 6.83. The van der Waals surface area contributed by atoms with Crippen molar-refractivity contribution in [3.8, 4) is 0 Å². The van der Waals surface area contributed by atoms with Gasteiger partial charge in [0.2, 0.25) is 0 Å². The largest absolute Gasteiger partial charge is 0.314 e. The summed E-state index contributed by atoms with van der Waals surface area (Å²) in [7, 11) is 0. The van der Waals surface area contributed by atoms with Crippen LogP contribution in [-0.4, -0.2) is 12.6 Å². The minimum Gasteiger partial charge on any atom is -0.314 e. The topological polar surface area (TPSA) is 12.0 Å². The van der Waals surface area contributed by atoms with E-state index in [2.05, 4.69) is 49.5 Å². The molecule has 0 spiro atoms. The second-order valence-corrected chi connectivity index (χ2v) is 6.83. The maximum Gasteiger partial charge on any atom is 0.00682 e. The van der Waals surface area contributed by atoms with Gasteiger partial charge in [-0.2, -0.15) is 0 Å². The van der Waals surface area contributed by atoms with Crippen LogP contribution in [-0.2, 0) is 0 Å². The standard InChI is InChI=1S/C17H25N/c1-17(2,10-11-18-14-8-9-14)16-12-15(16)13-6-4-3-5-7-13/h3-7,14-16,18H,8-12H2,1-2H3. The Kier molecular flexibility index (Phi) is 3.19. The van der Waals surface area contributed by atoms with Gasteiger partial charge in [-0.05, 0) is 55.0 Å². The molecule has 0 bridgehead atoms. The van der Waals surface area contributed by atoms with Crippen molar-refractivity contribution in [3.63, 3.8) is 0 Å². The van der Waals surface area contributed by atoms with E-state index in [1.165, 1.54) is 32.2 Å². The summed E-state index contributed by atoms with van der Waals surface area (Å²) in [6, 6.07) is 11.9. The van der Waals surface area contributed by atoms with Gasteiger partial charge in [0.1, 0.15) is 0 Å². The summed E-state index contributed by atoms with van der Waals surface area (Å²) in [5.41, 5.74) is 2.04. The lowest BCUT2D eigenvalue weighted by Gasteiger charge is -2.25. The molecule has 1 heteroatoms. The molecule has 1 aromatic carbocycles. The SMILES string of the molecule is CC(C)(CCNC1CC1)C1CC1c1ccccc1. The van der Waals surface area contributed by atoms with E-state index in [0.717, 1.165) is 17.9 Å². The summed E-state index contributed by atoms with van der Waals surface area (Å²) in [6.45, 7) is 6.11. The predicted molar refractivity (Wildman–Crippen MR) is 76.7 cm³/mol. The molecule has 2 saturated carbocycles. The molecule has 0 heterocycles. The Morgan fingerprint density at radius 2 is 1.89 bits per heavy atom. The first kappa shape index (κ1) is 12.2. The van der Waals surface area contributed by atoms with Gasteiger partial charge >= 0.3 is 0 Å². The van der Waals surface area contributed by atoms with Crippen LogP contribution in [0.4, 0.5) is 0 Å². The molecule has 1 nitrogen and oxygen atoms in total. The first-order chi connectivity index (χ1) is 8.67. The summed E-state index contributed by atoms with van der Waals surface area (Å²) in [5.74, 6) is 1.71. The van der Waals surface area contributed by atoms with Gasteiger partial charge in [0, 0.05) is 6.04 Å². The van der Waals surface area contributed by atoms with Crippen molar-refractivity contribution in [1.82, 2.24) is 5.32 Å². The van der Waals surface area contributed by atoms with Gasteiger partial charge in [0.05, 0.1) is 0 Å². The molecule has 0 aliphatic heterocycles. The molecular weight excluding hydrogens is 218 g/mol. The molecule has 0 aromatic heterocycles. The van der Waals surface area contributed by atoms with E-state index in [0.29, 0.717) is 5.41 Å². The maximum absolute atomic E-state index is 3.65. The fraction of sp³-hybridized carbons (Fsp3) is 0.647. The van der Waals surface area contributed by atoms with Crippen LogP contribution < -0.4 is 5.32 Å². The highest BCUT2D eigenvalue weighted by Gasteiger charge is 2.47. The lowest BCUT2D eigenvalue weighted by atomic mass is 9.82. The minimum absolute atomic E-state index is 0.488. The van der Waals surface area contributed by atoms with E-state index < -0.39 is 0 Å². The molecule has 1 N–H and O–H groups in total. The average molecular weight is 243 g/mol. The summed E-state index contributed by atoms with van der Waals surface area (Å²) in [5, 5.41) is 3.65. The molecule has 0 saturated heterocycles. The van der Waals surface area contributed by atoms with E-state index in [1.54, 1.807) is 5.56 Å². The molecule has 2 aliphatic rings. The first-order valence-electron chi connectivity index (χ1n) is 7.45. The smallest absolute Gasteiger partial charge is 0.00682 e. The summed E-state index contributed by atoms with van der Waals surface area (Å²) in [4.78, 5) is 0. The van der Waals surface area contributed by atoms with Gasteiger partial charge in [-0.1, -0.05) is 44.2 Å². The Morgan fingerprint density at radius 1 is 1.17 bits per heavy atom. The zero-order chi connectivity index (χ0) is 12.6. The highest BCUT2D eigenvalue weighted by molar-refractivity contribution is 5.26. The van der Waals surface area contributed by atoms with Crippen LogP contribution in [0.25, 0.3) is 0 Å². The lowest BCUT2D eigenvalue weighted by Crippen LogP contribution is -2.25. The van der Waals surface area contributed by atoms with Crippen molar-refractivity contribution in [3.05, 3.63) is 35.9 Å². The van der Waals surface area contributed by atoms with Crippen molar-refractivity contribution >= 4 is 0 Å². The van der Waals surface area contributed by atoms with Gasteiger partial charge in [0.15, 0.2) is 0 Å². The maximum atomic E-state index is 3.65. The number of hydrogen-bond donors (Lipinski definition) is 1. The number of hydrogen-bond acceptors (Lipinski definition) is 1. The molecule has 98 valence electrons. The van der Waals surface area contributed by atoms with E-state index in [-0.39, 0.29) is 0 Å². The van der Waals surface area contributed by atoms with E-state index in [4.69, 9.17) is 0 Å². The van der Waals surface area contributed by atoms with Gasteiger partial charge < -0.3 is 5.32 Å². The van der Waals surface area contributed by atoms with E-state index >= 15 is 0 Å². The van der Waals surface area contributed by atoms with Crippen molar-refractivity contribution in [2.45, 2.75) is 51.5 Å². The van der Waals surface area contributed by atoms with Crippen molar-refractivity contribution < 1.29 is 0 Å². The van der Waals surface area contributed by atoms with Crippen LogP contribution in [0.5, 0.6) is 0 Å². The lowest BCUT2D eigenvalue weighted by molar-refractivity contribution is 0.273.